The third kappa shape index (κ3) is 1.78. The van der Waals surface area contributed by atoms with Crippen molar-refractivity contribution < 1.29 is 4.92 Å². The topological polar surface area (TPSA) is 68.9 Å². The number of nitro groups is 1. The van der Waals surface area contributed by atoms with Crippen molar-refractivity contribution in [1.82, 2.24) is 9.97 Å². The van der Waals surface area contributed by atoms with E-state index in [-0.39, 0.29) is 10.7 Å². The van der Waals surface area contributed by atoms with E-state index in [1.165, 1.54) is 0 Å². The van der Waals surface area contributed by atoms with Gasteiger partial charge in [-0.3, -0.25) is 10.1 Å². The zero-order valence-corrected chi connectivity index (χ0v) is 9.49. The van der Waals surface area contributed by atoms with E-state index in [4.69, 9.17) is 11.6 Å². The first kappa shape index (κ1) is 10.3. The van der Waals surface area contributed by atoms with Gasteiger partial charge in [-0.1, -0.05) is 11.6 Å². The van der Waals surface area contributed by atoms with Gasteiger partial charge in [0.2, 0.25) is 0 Å². The molecule has 76 valence electrons. The Kier molecular flexibility index (Phi) is 2.54. The zero-order valence-electron chi connectivity index (χ0n) is 7.15. The Morgan fingerprint density at radius 1 is 1.47 bits per heavy atom. The highest BCUT2D eigenvalue weighted by atomic mass is 79.9. The van der Waals surface area contributed by atoms with Crippen LogP contribution in [-0.2, 0) is 0 Å². The number of hydrogen-bond donors (Lipinski definition) is 0. The highest BCUT2D eigenvalue weighted by Crippen LogP contribution is 2.30. The van der Waals surface area contributed by atoms with Gasteiger partial charge in [0.1, 0.15) is 15.8 Å². The molecule has 2 rings (SSSR count). The van der Waals surface area contributed by atoms with Crippen molar-refractivity contribution in [2.45, 2.75) is 0 Å². The average molecular weight is 288 g/mol. The van der Waals surface area contributed by atoms with Gasteiger partial charge in [0, 0.05) is 5.39 Å². The Hall–Kier alpha value is -1.27. The first-order valence-corrected chi connectivity index (χ1v) is 5.02. The molecule has 0 atom stereocenters. The minimum Gasteiger partial charge on any atom is -0.258 e. The van der Waals surface area contributed by atoms with Crippen molar-refractivity contribution in [1.29, 1.82) is 0 Å². The van der Waals surface area contributed by atoms with Crippen LogP contribution in [-0.4, -0.2) is 14.9 Å². The second kappa shape index (κ2) is 3.71. The summed E-state index contributed by atoms with van der Waals surface area (Å²) in [6, 6.07) is 3.29. The van der Waals surface area contributed by atoms with Gasteiger partial charge in [0.05, 0.1) is 4.92 Å². The molecule has 2 heterocycles. The molecule has 15 heavy (non-hydrogen) atoms. The fraction of sp³-hybridized carbons (Fsp3) is 0. The molecular formula is C8H3BrClN3O2. The standard InChI is InChI=1S/C8H3BrClN3O2/c9-6-2-1-4-7(10)5(13(14)15)3-11-8(4)12-6/h1-3H. The lowest BCUT2D eigenvalue weighted by Crippen LogP contribution is -1.93. The summed E-state index contributed by atoms with van der Waals surface area (Å²) in [6.07, 6.45) is 1.10. The fourth-order valence-electron chi connectivity index (χ4n) is 1.14. The van der Waals surface area contributed by atoms with Crippen LogP contribution in [0.1, 0.15) is 0 Å². The summed E-state index contributed by atoms with van der Waals surface area (Å²) in [4.78, 5) is 17.9. The summed E-state index contributed by atoms with van der Waals surface area (Å²) < 4.78 is 0.604. The molecule has 0 bridgehead atoms. The molecule has 0 aliphatic rings. The summed E-state index contributed by atoms with van der Waals surface area (Å²) in [5.74, 6) is 0. The summed E-state index contributed by atoms with van der Waals surface area (Å²) in [6.45, 7) is 0. The first-order valence-electron chi connectivity index (χ1n) is 3.85. The van der Waals surface area contributed by atoms with Crippen LogP contribution >= 0.6 is 27.5 Å². The molecule has 2 aromatic heterocycles. The lowest BCUT2D eigenvalue weighted by molar-refractivity contribution is -0.384. The van der Waals surface area contributed by atoms with E-state index < -0.39 is 4.92 Å². The molecule has 5 nitrogen and oxygen atoms in total. The van der Waals surface area contributed by atoms with Gasteiger partial charge in [-0.15, -0.1) is 0 Å². The average Bonchev–Trinajstić information content (AvgIpc) is 2.17. The number of pyridine rings is 2. The predicted molar refractivity (Wildman–Crippen MR) is 58.9 cm³/mol. The maximum Gasteiger partial charge on any atom is 0.306 e. The zero-order chi connectivity index (χ0) is 11.0. The van der Waals surface area contributed by atoms with Crippen molar-refractivity contribution >= 4 is 44.3 Å². The van der Waals surface area contributed by atoms with Crippen LogP contribution in [0.25, 0.3) is 11.0 Å². The number of aromatic nitrogens is 2. The molecule has 7 heteroatoms. The number of hydrogen-bond acceptors (Lipinski definition) is 4. The Morgan fingerprint density at radius 2 is 2.20 bits per heavy atom. The fourth-order valence-corrected chi connectivity index (χ4v) is 1.70. The molecule has 0 N–H and O–H groups in total. The Labute approximate surface area is 97.4 Å². The SMILES string of the molecule is O=[N+]([O-])c1cnc2nc(Br)ccc2c1Cl. The maximum atomic E-state index is 10.6. The van der Waals surface area contributed by atoms with Gasteiger partial charge >= 0.3 is 5.69 Å². The minimum absolute atomic E-state index is 0.0602. The molecule has 0 saturated heterocycles. The lowest BCUT2D eigenvalue weighted by Gasteiger charge is -2.00. The van der Waals surface area contributed by atoms with Crippen LogP contribution in [0.2, 0.25) is 5.02 Å². The summed E-state index contributed by atoms with van der Waals surface area (Å²) in [7, 11) is 0. The van der Waals surface area contributed by atoms with E-state index >= 15 is 0 Å². The van der Waals surface area contributed by atoms with Crippen molar-refractivity contribution in [3.63, 3.8) is 0 Å². The number of fused-ring (bicyclic) bond motifs is 1. The van der Waals surface area contributed by atoms with E-state index in [2.05, 4.69) is 25.9 Å². The van der Waals surface area contributed by atoms with Crippen LogP contribution in [0.4, 0.5) is 5.69 Å². The molecule has 0 saturated carbocycles. The van der Waals surface area contributed by atoms with Crippen LogP contribution in [0, 0.1) is 10.1 Å². The molecule has 0 aliphatic heterocycles. The molecule has 0 aliphatic carbocycles. The van der Waals surface area contributed by atoms with Gasteiger partial charge in [0.15, 0.2) is 5.65 Å². The van der Waals surface area contributed by atoms with Crippen LogP contribution in [0.5, 0.6) is 0 Å². The molecule has 0 aromatic carbocycles. The first-order chi connectivity index (χ1) is 7.09. The van der Waals surface area contributed by atoms with E-state index in [1.807, 2.05) is 0 Å². The highest BCUT2D eigenvalue weighted by Gasteiger charge is 2.16. The van der Waals surface area contributed by atoms with Gasteiger partial charge < -0.3 is 0 Å². The number of rotatable bonds is 1. The quantitative estimate of drug-likeness (QED) is 0.459. The number of nitrogens with zero attached hydrogens (tertiary/aromatic N) is 3. The molecule has 0 unspecified atom stereocenters. The van der Waals surface area contributed by atoms with Crippen LogP contribution < -0.4 is 0 Å². The monoisotopic (exact) mass is 287 g/mol. The van der Waals surface area contributed by atoms with Gasteiger partial charge in [-0.05, 0) is 28.1 Å². The predicted octanol–water partition coefficient (Wildman–Crippen LogP) is 2.95. The van der Waals surface area contributed by atoms with E-state index in [0.717, 1.165) is 6.20 Å². The summed E-state index contributed by atoms with van der Waals surface area (Å²) in [5.41, 5.74) is 0.160. The van der Waals surface area contributed by atoms with Gasteiger partial charge in [-0.2, -0.15) is 0 Å². The molecule has 0 amide bonds. The van der Waals surface area contributed by atoms with Gasteiger partial charge in [0.25, 0.3) is 0 Å². The molecule has 2 aromatic rings. The highest BCUT2D eigenvalue weighted by molar-refractivity contribution is 9.10. The summed E-state index contributed by atoms with van der Waals surface area (Å²) in [5, 5.41) is 11.1. The third-order valence-corrected chi connectivity index (χ3v) is 2.65. The van der Waals surface area contributed by atoms with Crippen molar-refractivity contribution in [2.75, 3.05) is 0 Å². The molecule has 0 fully saturated rings. The van der Waals surface area contributed by atoms with Crippen molar-refractivity contribution in [3.05, 3.63) is 38.1 Å². The normalized spacial score (nSPS) is 10.5. The van der Waals surface area contributed by atoms with Crippen molar-refractivity contribution in [2.24, 2.45) is 0 Å². The van der Waals surface area contributed by atoms with E-state index in [9.17, 15) is 10.1 Å². The van der Waals surface area contributed by atoms with Crippen molar-refractivity contribution in [3.8, 4) is 0 Å². The second-order valence-electron chi connectivity index (χ2n) is 2.72. The Balaban J connectivity index is 2.80. The Bertz CT molecular complexity index is 561. The van der Waals surface area contributed by atoms with Crippen LogP contribution in [0.15, 0.2) is 22.9 Å². The molecule has 0 spiro atoms. The second-order valence-corrected chi connectivity index (χ2v) is 3.91. The minimum atomic E-state index is -0.573. The lowest BCUT2D eigenvalue weighted by atomic mass is 10.3. The Morgan fingerprint density at radius 3 is 2.87 bits per heavy atom. The summed E-state index contributed by atoms with van der Waals surface area (Å²) >= 11 is 9.03. The van der Waals surface area contributed by atoms with E-state index in [1.54, 1.807) is 12.1 Å². The smallest absolute Gasteiger partial charge is 0.258 e. The third-order valence-electron chi connectivity index (χ3n) is 1.81. The van der Waals surface area contributed by atoms with Crippen LogP contribution in [0.3, 0.4) is 0 Å². The largest absolute Gasteiger partial charge is 0.306 e. The maximum absolute atomic E-state index is 10.6. The van der Waals surface area contributed by atoms with E-state index in [0.29, 0.717) is 15.6 Å². The molecule has 0 radical (unpaired) electrons. The van der Waals surface area contributed by atoms with Gasteiger partial charge in [-0.25, -0.2) is 9.97 Å². The number of halogens is 2. The molecular weight excluding hydrogens is 285 g/mol.